The van der Waals surface area contributed by atoms with Crippen LogP contribution in [0.25, 0.3) is 0 Å². The van der Waals surface area contributed by atoms with Crippen LogP contribution in [0.5, 0.6) is 0 Å². The lowest BCUT2D eigenvalue weighted by atomic mass is 9.92. The summed E-state index contributed by atoms with van der Waals surface area (Å²) in [4.78, 5) is 13.8. The van der Waals surface area contributed by atoms with E-state index in [1.807, 2.05) is 25.7 Å². The summed E-state index contributed by atoms with van der Waals surface area (Å²) in [5.74, 6) is 0.823. The lowest BCUT2D eigenvalue weighted by Gasteiger charge is -2.34. The number of carbonyl (C=O) groups excluding carboxylic acids is 1. The number of rotatable bonds is 0. The second-order valence-electron chi connectivity index (χ2n) is 4.99. The Morgan fingerprint density at radius 2 is 1.77 bits per heavy atom. The number of nitrogens with zero attached hydrogens (tertiary/aromatic N) is 1. The minimum absolute atomic E-state index is 0.228. The number of amides is 1. The lowest BCUT2D eigenvalue weighted by Crippen LogP contribution is -2.43. The Morgan fingerprint density at radius 1 is 1.31 bits per heavy atom. The fourth-order valence-corrected chi connectivity index (χ4v) is 1.61. The molecule has 1 saturated heterocycles. The van der Waals surface area contributed by atoms with Gasteiger partial charge in [-0.05, 0) is 18.8 Å². The van der Waals surface area contributed by atoms with Crippen molar-refractivity contribution in [2.75, 3.05) is 13.1 Å². The molecular weight excluding hydrogens is 162 g/mol. The molecule has 1 rings (SSSR count). The molecule has 0 unspecified atom stereocenters. The Balaban J connectivity index is 2.50. The molecule has 0 N–H and O–H groups in total. The van der Waals surface area contributed by atoms with Crippen LogP contribution in [0.3, 0.4) is 0 Å². The van der Waals surface area contributed by atoms with E-state index < -0.39 is 0 Å². The third kappa shape index (κ3) is 2.71. The van der Waals surface area contributed by atoms with Crippen LogP contribution >= 0.6 is 0 Å². The maximum atomic E-state index is 11.8. The van der Waals surface area contributed by atoms with Crippen LogP contribution in [0, 0.1) is 18.3 Å². The first-order valence-electron chi connectivity index (χ1n) is 5.03. The van der Waals surface area contributed by atoms with Crippen molar-refractivity contribution in [1.29, 1.82) is 0 Å². The van der Waals surface area contributed by atoms with Gasteiger partial charge in [0.2, 0.25) is 5.91 Å². The van der Waals surface area contributed by atoms with E-state index in [4.69, 9.17) is 0 Å². The van der Waals surface area contributed by atoms with Gasteiger partial charge in [-0.1, -0.05) is 27.7 Å². The van der Waals surface area contributed by atoms with E-state index in [1.54, 1.807) is 0 Å². The second-order valence-corrected chi connectivity index (χ2v) is 4.99. The Morgan fingerprint density at radius 3 is 2.15 bits per heavy atom. The molecule has 2 heteroatoms. The van der Waals surface area contributed by atoms with Crippen molar-refractivity contribution in [2.45, 2.75) is 33.6 Å². The van der Waals surface area contributed by atoms with Crippen molar-refractivity contribution in [3.8, 4) is 0 Å². The summed E-state index contributed by atoms with van der Waals surface area (Å²) >= 11 is 0. The van der Waals surface area contributed by atoms with Crippen LogP contribution in [-0.4, -0.2) is 23.9 Å². The normalized spacial score (nSPS) is 20.5. The highest BCUT2D eigenvalue weighted by atomic mass is 16.2. The summed E-state index contributed by atoms with van der Waals surface area (Å²) < 4.78 is 0. The van der Waals surface area contributed by atoms with Gasteiger partial charge >= 0.3 is 0 Å². The SMILES string of the molecule is [CH2]C1CCN(C(=O)C(C)(C)C)CC1. The summed E-state index contributed by atoms with van der Waals surface area (Å²) in [6.07, 6.45) is 2.11. The summed E-state index contributed by atoms with van der Waals surface area (Å²) in [5.41, 5.74) is -0.228. The highest BCUT2D eigenvalue weighted by molar-refractivity contribution is 5.81. The van der Waals surface area contributed by atoms with Gasteiger partial charge in [0.05, 0.1) is 0 Å². The highest BCUT2D eigenvalue weighted by Crippen LogP contribution is 2.22. The minimum atomic E-state index is -0.228. The monoisotopic (exact) mass is 182 g/mol. The topological polar surface area (TPSA) is 20.3 Å². The summed E-state index contributed by atoms with van der Waals surface area (Å²) in [6.45, 7) is 11.7. The van der Waals surface area contributed by atoms with Crippen LogP contribution in [0.1, 0.15) is 33.6 Å². The predicted octanol–water partition coefficient (Wildman–Crippen LogP) is 2.11. The lowest BCUT2D eigenvalue weighted by molar-refractivity contribution is -0.140. The van der Waals surface area contributed by atoms with Crippen molar-refractivity contribution >= 4 is 5.91 Å². The van der Waals surface area contributed by atoms with E-state index >= 15 is 0 Å². The van der Waals surface area contributed by atoms with Crippen LogP contribution in [-0.2, 0) is 4.79 Å². The quantitative estimate of drug-likeness (QED) is 0.562. The van der Waals surface area contributed by atoms with E-state index in [0.29, 0.717) is 5.92 Å². The molecule has 2 nitrogen and oxygen atoms in total. The number of likely N-dealkylation sites (tertiary alicyclic amines) is 1. The zero-order valence-corrected chi connectivity index (χ0v) is 8.97. The number of carbonyl (C=O) groups is 1. The van der Waals surface area contributed by atoms with Crippen molar-refractivity contribution in [2.24, 2.45) is 11.3 Å². The molecule has 0 saturated carbocycles. The second kappa shape index (κ2) is 3.69. The Bertz CT molecular complexity index is 185. The van der Waals surface area contributed by atoms with Crippen LogP contribution in [0.15, 0.2) is 0 Å². The minimum Gasteiger partial charge on any atom is -0.342 e. The average molecular weight is 182 g/mol. The fraction of sp³-hybridized carbons (Fsp3) is 0.818. The first-order valence-corrected chi connectivity index (χ1v) is 5.03. The molecular formula is C11H20NO. The Labute approximate surface area is 81.3 Å². The standard InChI is InChI=1S/C11H20NO/c1-9-5-7-12(8-6-9)10(13)11(2,3)4/h9H,1,5-8H2,2-4H3. The van der Waals surface area contributed by atoms with E-state index in [0.717, 1.165) is 25.9 Å². The average Bonchev–Trinajstić information content (AvgIpc) is 2.03. The molecule has 0 aromatic carbocycles. The number of hydrogen-bond donors (Lipinski definition) is 0. The fourth-order valence-electron chi connectivity index (χ4n) is 1.61. The molecule has 1 fully saturated rings. The summed E-state index contributed by atoms with van der Waals surface area (Å²) in [6, 6.07) is 0. The van der Waals surface area contributed by atoms with E-state index in [-0.39, 0.29) is 11.3 Å². The van der Waals surface area contributed by atoms with Crippen LogP contribution in [0.2, 0.25) is 0 Å². The molecule has 0 bridgehead atoms. The first-order chi connectivity index (χ1) is 5.91. The van der Waals surface area contributed by atoms with Gasteiger partial charge in [-0.25, -0.2) is 0 Å². The molecule has 75 valence electrons. The zero-order valence-electron chi connectivity index (χ0n) is 8.97. The Hall–Kier alpha value is -0.530. The van der Waals surface area contributed by atoms with E-state index in [9.17, 15) is 4.79 Å². The van der Waals surface area contributed by atoms with Gasteiger partial charge < -0.3 is 4.90 Å². The molecule has 0 aliphatic carbocycles. The maximum Gasteiger partial charge on any atom is 0.227 e. The largest absolute Gasteiger partial charge is 0.342 e. The van der Waals surface area contributed by atoms with Gasteiger partial charge in [0.15, 0.2) is 0 Å². The number of hydrogen-bond acceptors (Lipinski definition) is 1. The molecule has 0 aromatic heterocycles. The maximum absolute atomic E-state index is 11.8. The summed E-state index contributed by atoms with van der Waals surface area (Å²) in [7, 11) is 0. The smallest absolute Gasteiger partial charge is 0.227 e. The third-order valence-electron chi connectivity index (χ3n) is 2.54. The highest BCUT2D eigenvalue weighted by Gasteiger charge is 2.29. The summed E-state index contributed by atoms with van der Waals surface area (Å²) in [5, 5.41) is 0. The van der Waals surface area contributed by atoms with E-state index in [2.05, 4.69) is 6.92 Å². The van der Waals surface area contributed by atoms with Gasteiger partial charge in [-0.3, -0.25) is 4.79 Å². The van der Waals surface area contributed by atoms with E-state index in [1.165, 1.54) is 0 Å². The van der Waals surface area contributed by atoms with Gasteiger partial charge in [-0.2, -0.15) is 0 Å². The molecule has 1 aliphatic heterocycles. The molecule has 0 aromatic rings. The molecule has 1 aliphatic rings. The molecule has 1 radical (unpaired) electrons. The molecule has 0 atom stereocenters. The Kier molecular flexibility index (Phi) is 2.99. The number of piperidine rings is 1. The zero-order chi connectivity index (χ0) is 10.1. The van der Waals surface area contributed by atoms with Gasteiger partial charge in [0.25, 0.3) is 0 Å². The molecule has 1 amide bonds. The first kappa shape index (κ1) is 10.6. The van der Waals surface area contributed by atoms with Gasteiger partial charge in [0.1, 0.15) is 0 Å². The van der Waals surface area contributed by atoms with Crippen molar-refractivity contribution < 1.29 is 4.79 Å². The van der Waals surface area contributed by atoms with Crippen molar-refractivity contribution in [1.82, 2.24) is 4.90 Å². The van der Waals surface area contributed by atoms with Gasteiger partial charge in [-0.15, -0.1) is 0 Å². The molecule has 1 heterocycles. The predicted molar refractivity (Wildman–Crippen MR) is 54.1 cm³/mol. The molecule has 13 heavy (non-hydrogen) atoms. The van der Waals surface area contributed by atoms with Gasteiger partial charge in [0, 0.05) is 18.5 Å². The third-order valence-corrected chi connectivity index (χ3v) is 2.54. The van der Waals surface area contributed by atoms with Crippen LogP contribution in [0.4, 0.5) is 0 Å². The van der Waals surface area contributed by atoms with Crippen LogP contribution < -0.4 is 0 Å². The van der Waals surface area contributed by atoms with Crippen molar-refractivity contribution in [3.63, 3.8) is 0 Å². The molecule has 0 spiro atoms. The van der Waals surface area contributed by atoms with Crippen molar-refractivity contribution in [3.05, 3.63) is 6.92 Å².